The van der Waals surface area contributed by atoms with Gasteiger partial charge < -0.3 is 19.7 Å². The van der Waals surface area contributed by atoms with Gasteiger partial charge in [0.05, 0.1) is 7.11 Å². The summed E-state index contributed by atoms with van der Waals surface area (Å²) in [7, 11) is 1.67. The van der Waals surface area contributed by atoms with Crippen LogP contribution >= 0.6 is 0 Å². The van der Waals surface area contributed by atoms with Crippen LogP contribution in [-0.2, 0) is 6.61 Å². The molecule has 2 aromatic carbocycles. The van der Waals surface area contributed by atoms with Crippen LogP contribution in [0.1, 0.15) is 5.56 Å². The monoisotopic (exact) mass is 298 g/mol. The molecule has 0 bridgehead atoms. The Balaban J connectivity index is 1.56. The Morgan fingerprint density at radius 3 is 2.18 bits per heavy atom. The van der Waals surface area contributed by atoms with E-state index in [9.17, 15) is 0 Å². The predicted molar refractivity (Wildman–Crippen MR) is 88.9 cm³/mol. The minimum Gasteiger partial charge on any atom is -0.497 e. The number of hydrogen-bond donors (Lipinski definition) is 1. The molecule has 0 spiro atoms. The van der Waals surface area contributed by atoms with Gasteiger partial charge >= 0.3 is 0 Å². The second-order valence-electron chi connectivity index (χ2n) is 5.37. The Kier molecular flexibility index (Phi) is 4.81. The molecule has 0 saturated carbocycles. The minimum absolute atomic E-state index is 0.566. The van der Waals surface area contributed by atoms with Crippen molar-refractivity contribution in [1.29, 1.82) is 0 Å². The Hall–Kier alpha value is -2.20. The fraction of sp³-hybridized carbons (Fsp3) is 0.333. The standard InChI is InChI=1S/C18H22N2O2/c1-21-17-6-2-15(3-7-17)14-22-18-8-4-16(5-9-18)20-12-10-19-11-13-20/h2-9,19H,10-14H2,1H3. The number of hydrogen-bond acceptors (Lipinski definition) is 4. The van der Waals surface area contributed by atoms with Crippen LogP contribution in [0.3, 0.4) is 0 Å². The van der Waals surface area contributed by atoms with Crippen LogP contribution < -0.4 is 19.7 Å². The van der Waals surface area contributed by atoms with Gasteiger partial charge in [0.25, 0.3) is 0 Å². The van der Waals surface area contributed by atoms with Gasteiger partial charge in [-0.3, -0.25) is 0 Å². The molecule has 0 aromatic heterocycles. The second-order valence-corrected chi connectivity index (χ2v) is 5.37. The second kappa shape index (κ2) is 7.18. The van der Waals surface area contributed by atoms with Crippen molar-refractivity contribution in [3.63, 3.8) is 0 Å². The third-order valence-corrected chi connectivity index (χ3v) is 3.88. The van der Waals surface area contributed by atoms with Crippen molar-refractivity contribution in [1.82, 2.24) is 5.32 Å². The summed E-state index contributed by atoms with van der Waals surface area (Å²) in [5.41, 5.74) is 2.39. The van der Waals surface area contributed by atoms with Gasteiger partial charge in [-0.15, -0.1) is 0 Å². The van der Waals surface area contributed by atoms with Gasteiger partial charge in [-0.2, -0.15) is 0 Å². The van der Waals surface area contributed by atoms with Gasteiger partial charge in [0.15, 0.2) is 0 Å². The average molecular weight is 298 g/mol. The molecule has 1 saturated heterocycles. The van der Waals surface area contributed by atoms with E-state index in [4.69, 9.17) is 9.47 Å². The Morgan fingerprint density at radius 2 is 1.55 bits per heavy atom. The summed E-state index contributed by atoms with van der Waals surface area (Å²) in [5, 5.41) is 3.37. The number of methoxy groups -OCH3 is 1. The lowest BCUT2D eigenvalue weighted by atomic mass is 10.2. The molecule has 3 rings (SSSR count). The number of nitrogens with one attached hydrogen (secondary N) is 1. The van der Waals surface area contributed by atoms with Crippen molar-refractivity contribution in [2.45, 2.75) is 6.61 Å². The maximum Gasteiger partial charge on any atom is 0.119 e. The highest BCUT2D eigenvalue weighted by Crippen LogP contribution is 2.21. The Bertz CT molecular complexity index is 575. The first kappa shape index (κ1) is 14.7. The van der Waals surface area contributed by atoms with E-state index in [1.807, 2.05) is 36.4 Å². The molecule has 22 heavy (non-hydrogen) atoms. The summed E-state index contributed by atoms with van der Waals surface area (Å²) in [6, 6.07) is 16.3. The Morgan fingerprint density at radius 1 is 0.909 bits per heavy atom. The van der Waals surface area contributed by atoms with E-state index in [1.54, 1.807) is 7.11 Å². The maximum absolute atomic E-state index is 5.84. The first-order chi connectivity index (χ1) is 10.8. The van der Waals surface area contributed by atoms with Crippen LogP contribution in [0.25, 0.3) is 0 Å². The summed E-state index contributed by atoms with van der Waals surface area (Å²) in [4.78, 5) is 2.39. The summed E-state index contributed by atoms with van der Waals surface area (Å²) in [6.07, 6.45) is 0. The highest BCUT2D eigenvalue weighted by molar-refractivity contribution is 5.49. The number of rotatable bonds is 5. The lowest BCUT2D eigenvalue weighted by molar-refractivity contribution is 0.306. The van der Waals surface area contributed by atoms with Crippen LogP contribution in [0, 0.1) is 0 Å². The topological polar surface area (TPSA) is 33.7 Å². The van der Waals surface area contributed by atoms with Gasteiger partial charge in [-0.05, 0) is 42.0 Å². The molecule has 0 aliphatic carbocycles. The van der Waals surface area contributed by atoms with Crippen molar-refractivity contribution in [2.24, 2.45) is 0 Å². The van der Waals surface area contributed by atoms with E-state index in [-0.39, 0.29) is 0 Å². The maximum atomic E-state index is 5.84. The number of piperazine rings is 1. The summed E-state index contributed by atoms with van der Waals surface area (Å²) < 4.78 is 11.0. The molecule has 1 fully saturated rings. The quantitative estimate of drug-likeness (QED) is 0.920. The first-order valence-corrected chi connectivity index (χ1v) is 7.66. The van der Waals surface area contributed by atoms with Crippen molar-refractivity contribution >= 4 is 5.69 Å². The van der Waals surface area contributed by atoms with Crippen LogP contribution in [0.5, 0.6) is 11.5 Å². The largest absolute Gasteiger partial charge is 0.497 e. The molecule has 1 heterocycles. The Labute approximate surface area is 131 Å². The molecule has 1 aliphatic heterocycles. The SMILES string of the molecule is COc1ccc(COc2ccc(N3CCNCC3)cc2)cc1. The van der Waals surface area contributed by atoms with Gasteiger partial charge in [0.2, 0.25) is 0 Å². The molecular formula is C18H22N2O2. The first-order valence-electron chi connectivity index (χ1n) is 7.66. The van der Waals surface area contributed by atoms with Crippen molar-refractivity contribution in [2.75, 3.05) is 38.2 Å². The zero-order valence-corrected chi connectivity index (χ0v) is 12.9. The number of anilines is 1. The van der Waals surface area contributed by atoms with Gasteiger partial charge in [-0.25, -0.2) is 0 Å². The molecule has 0 amide bonds. The van der Waals surface area contributed by atoms with Crippen molar-refractivity contribution in [3.8, 4) is 11.5 Å². The smallest absolute Gasteiger partial charge is 0.119 e. The lowest BCUT2D eigenvalue weighted by Crippen LogP contribution is -2.43. The molecule has 1 N–H and O–H groups in total. The molecule has 4 heteroatoms. The highest BCUT2D eigenvalue weighted by atomic mass is 16.5. The van der Waals surface area contributed by atoms with Crippen LogP contribution in [-0.4, -0.2) is 33.3 Å². The number of ether oxygens (including phenoxy) is 2. The normalized spacial score (nSPS) is 14.7. The number of benzene rings is 2. The fourth-order valence-electron chi connectivity index (χ4n) is 2.56. The summed E-state index contributed by atoms with van der Waals surface area (Å²) in [5.74, 6) is 1.76. The van der Waals surface area contributed by atoms with Gasteiger partial charge in [-0.1, -0.05) is 12.1 Å². The van der Waals surface area contributed by atoms with Gasteiger partial charge in [0.1, 0.15) is 18.1 Å². The average Bonchev–Trinajstić information content (AvgIpc) is 2.61. The van der Waals surface area contributed by atoms with Gasteiger partial charge in [0, 0.05) is 31.9 Å². The van der Waals surface area contributed by atoms with E-state index < -0.39 is 0 Å². The van der Waals surface area contributed by atoms with Crippen LogP contribution in [0.4, 0.5) is 5.69 Å². The van der Waals surface area contributed by atoms with Crippen LogP contribution in [0.15, 0.2) is 48.5 Å². The van der Waals surface area contributed by atoms with Crippen LogP contribution in [0.2, 0.25) is 0 Å². The molecular weight excluding hydrogens is 276 g/mol. The molecule has 116 valence electrons. The van der Waals surface area contributed by atoms with Crippen molar-refractivity contribution in [3.05, 3.63) is 54.1 Å². The minimum atomic E-state index is 0.566. The van der Waals surface area contributed by atoms with E-state index in [0.717, 1.165) is 43.2 Å². The molecule has 0 unspecified atom stereocenters. The predicted octanol–water partition coefficient (Wildman–Crippen LogP) is 2.68. The summed E-state index contributed by atoms with van der Waals surface area (Å²) >= 11 is 0. The molecule has 1 aliphatic rings. The molecule has 0 radical (unpaired) electrons. The van der Waals surface area contributed by atoms with E-state index >= 15 is 0 Å². The molecule has 0 atom stereocenters. The van der Waals surface area contributed by atoms with E-state index in [2.05, 4.69) is 22.3 Å². The van der Waals surface area contributed by atoms with E-state index in [0.29, 0.717) is 6.61 Å². The third kappa shape index (κ3) is 3.71. The lowest BCUT2D eigenvalue weighted by Gasteiger charge is -2.29. The third-order valence-electron chi connectivity index (χ3n) is 3.88. The zero-order valence-electron chi connectivity index (χ0n) is 12.9. The van der Waals surface area contributed by atoms with E-state index in [1.165, 1.54) is 5.69 Å². The summed E-state index contributed by atoms with van der Waals surface area (Å²) in [6.45, 7) is 4.79. The number of nitrogens with zero attached hydrogens (tertiary/aromatic N) is 1. The molecule has 2 aromatic rings. The molecule has 4 nitrogen and oxygen atoms in total. The zero-order chi connectivity index (χ0) is 15.2. The fourth-order valence-corrected chi connectivity index (χ4v) is 2.56. The van der Waals surface area contributed by atoms with Crippen molar-refractivity contribution < 1.29 is 9.47 Å². The highest BCUT2D eigenvalue weighted by Gasteiger charge is 2.10.